The summed E-state index contributed by atoms with van der Waals surface area (Å²) in [6.07, 6.45) is 0. The van der Waals surface area contributed by atoms with Gasteiger partial charge >= 0.3 is 0 Å². The lowest BCUT2D eigenvalue weighted by Crippen LogP contribution is -1.73. The van der Waals surface area contributed by atoms with Crippen molar-refractivity contribution in [3.05, 3.63) is 46.4 Å². The predicted molar refractivity (Wildman–Crippen MR) is 66.1 cm³/mol. The zero-order chi connectivity index (χ0) is 11.1. The van der Waals surface area contributed by atoms with Crippen molar-refractivity contribution in [1.82, 2.24) is 0 Å². The first-order chi connectivity index (χ1) is 7.81. The van der Waals surface area contributed by atoms with Gasteiger partial charge in [-0.25, -0.2) is 0 Å². The number of benzene rings is 2. The van der Waals surface area contributed by atoms with Crippen molar-refractivity contribution in [2.24, 2.45) is 0 Å². The van der Waals surface area contributed by atoms with Gasteiger partial charge in [0.2, 0.25) is 0 Å². The smallest absolute Gasteiger partial charge is 0.153 e. The molecule has 0 atom stereocenters. The molecule has 1 aromatic heterocycles. The van der Waals surface area contributed by atoms with Crippen molar-refractivity contribution in [2.75, 3.05) is 0 Å². The van der Waals surface area contributed by atoms with Crippen LogP contribution in [-0.4, -0.2) is 0 Å². The Labute approximate surface area is 100 Å². The number of nitriles is 1. The lowest BCUT2D eigenvalue weighted by Gasteiger charge is -1.90. The topological polar surface area (TPSA) is 36.9 Å². The average molecular weight is 272 g/mol. The average Bonchev–Trinajstić information content (AvgIpc) is 2.69. The van der Waals surface area contributed by atoms with Crippen LogP contribution in [0.1, 0.15) is 5.56 Å². The molecule has 0 aliphatic rings. The molecule has 0 amide bonds. The van der Waals surface area contributed by atoms with Gasteiger partial charge in [0.1, 0.15) is 11.7 Å². The van der Waals surface area contributed by atoms with Crippen LogP contribution in [0.4, 0.5) is 0 Å². The van der Waals surface area contributed by atoms with Crippen LogP contribution >= 0.6 is 15.9 Å². The van der Waals surface area contributed by atoms with Crippen LogP contribution in [0.25, 0.3) is 21.9 Å². The molecule has 0 saturated carbocycles. The maximum Gasteiger partial charge on any atom is 0.153 e. The summed E-state index contributed by atoms with van der Waals surface area (Å²) < 4.78 is 6.64. The number of nitrogens with zero attached hydrogens (tertiary/aromatic N) is 1. The molecular weight excluding hydrogens is 266 g/mol. The maximum absolute atomic E-state index is 9.01. The second-order valence-electron chi connectivity index (χ2n) is 3.51. The summed E-state index contributed by atoms with van der Waals surface area (Å²) in [6.45, 7) is 0. The third kappa shape index (κ3) is 1.17. The van der Waals surface area contributed by atoms with Gasteiger partial charge in [-0.05, 0) is 28.1 Å². The molecule has 0 N–H and O–H groups in total. The Hall–Kier alpha value is -1.79. The molecule has 0 bridgehead atoms. The molecule has 0 spiro atoms. The van der Waals surface area contributed by atoms with Crippen molar-refractivity contribution in [2.45, 2.75) is 0 Å². The van der Waals surface area contributed by atoms with Gasteiger partial charge in [-0.3, -0.25) is 0 Å². The van der Waals surface area contributed by atoms with Crippen molar-refractivity contribution in [1.29, 1.82) is 5.26 Å². The fourth-order valence-electron chi connectivity index (χ4n) is 1.87. The van der Waals surface area contributed by atoms with E-state index in [4.69, 9.17) is 9.68 Å². The van der Waals surface area contributed by atoms with Gasteiger partial charge in [0, 0.05) is 10.8 Å². The van der Waals surface area contributed by atoms with Crippen LogP contribution in [0.15, 0.2) is 45.3 Å². The van der Waals surface area contributed by atoms with E-state index in [0.29, 0.717) is 11.1 Å². The third-order valence-electron chi connectivity index (χ3n) is 2.60. The van der Waals surface area contributed by atoms with Crippen LogP contribution in [0.2, 0.25) is 0 Å². The monoisotopic (exact) mass is 271 g/mol. The fraction of sp³-hybridized carbons (Fsp3) is 0. The number of halogens is 1. The SMILES string of the molecule is N#Cc1cccc2c1oc1c(Br)cccc12. The van der Waals surface area contributed by atoms with Crippen LogP contribution in [0, 0.1) is 11.3 Å². The van der Waals surface area contributed by atoms with Gasteiger partial charge in [-0.1, -0.05) is 24.3 Å². The molecule has 0 unspecified atom stereocenters. The van der Waals surface area contributed by atoms with Crippen molar-refractivity contribution >= 4 is 37.9 Å². The Bertz CT molecular complexity index is 737. The van der Waals surface area contributed by atoms with Crippen LogP contribution in [-0.2, 0) is 0 Å². The van der Waals surface area contributed by atoms with E-state index in [9.17, 15) is 0 Å². The maximum atomic E-state index is 9.01. The van der Waals surface area contributed by atoms with Gasteiger partial charge in [0.25, 0.3) is 0 Å². The molecule has 16 heavy (non-hydrogen) atoms. The molecule has 0 radical (unpaired) electrons. The Morgan fingerprint density at radius 3 is 2.44 bits per heavy atom. The second kappa shape index (κ2) is 3.36. The summed E-state index contributed by atoms with van der Waals surface area (Å²) in [5.41, 5.74) is 2.02. The molecule has 76 valence electrons. The molecule has 0 saturated heterocycles. The molecule has 0 aliphatic carbocycles. The number of furan rings is 1. The molecule has 2 aromatic carbocycles. The Morgan fingerprint density at radius 1 is 1.00 bits per heavy atom. The van der Waals surface area contributed by atoms with Gasteiger partial charge in [-0.2, -0.15) is 5.26 Å². The minimum Gasteiger partial charge on any atom is -0.453 e. The number of hydrogen-bond acceptors (Lipinski definition) is 2. The standard InChI is InChI=1S/C13H6BrNO/c14-11-6-2-5-10-9-4-1-3-8(7-15)12(9)16-13(10)11/h1-6H. The highest BCUT2D eigenvalue weighted by atomic mass is 79.9. The van der Waals surface area contributed by atoms with Gasteiger partial charge < -0.3 is 4.42 Å². The first-order valence-electron chi connectivity index (χ1n) is 4.81. The van der Waals surface area contributed by atoms with Crippen molar-refractivity contribution in [3.8, 4) is 6.07 Å². The van der Waals surface area contributed by atoms with Crippen LogP contribution in [0.3, 0.4) is 0 Å². The summed E-state index contributed by atoms with van der Waals surface area (Å²) in [6, 6.07) is 13.6. The quantitative estimate of drug-likeness (QED) is 0.614. The Kier molecular flexibility index (Phi) is 1.98. The number of fused-ring (bicyclic) bond motifs is 3. The van der Waals surface area contributed by atoms with E-state index in [1.165, 1.54) is 0 Å². The molecule has 0 fully saturated rings. The minimum atomic E-state index is 0.570. The van der Waals surface area contributed by atoms with Crippen molar-refractivity contribution < 1.29 is 4.42 Å². The summed E-state index contributed by atoms with van der Waals surface area (Å²) >= 11 is 3.44. The summed E-state index contributed by atoms with van der Waals surface area (Å²) in [7, 11) is 0. The minimum absolute atomic E-state index is 0.570. The molecule has 3 rings (SSSR count). The highest BCUT2D eigenvalue weighted by molar-refractivity contribution is 9.10. The van der Waals surface area contributed by atoms with E-state index in [0.717, 1.165) is 20.8 Å². The lowest BCUT2D eigenvalue weighted by molar-refractivity contribution is 0.665. The van der Waals surface area contributed by atoms with E-state index in [-0.39, 0.29) is 0 Å². The van der Waals surface area contributed by atoms with E-state index >= 15 is 0 Å². The Morgan fingerprint density at radius 2 is 1.69 bits per heavy atom. The number of para-hydroxylation sites is 2. The fourth-order valence-corrected chi connectivity index (χ4v) is 2.32. The summed E-state index contributed by atoms with van der Waals surface area (Å²) in [4.78, 5) is 0. The van der Waals surface area contributed by atoms with E-state index in [1.54, 1.807) is 6.07 Å². The third-order valence-corrected chi connectivity index (χ3v) is 3.22. The first-order valence-corrected chi connectivity index (χ1v) is 5.60. The van der Waals surface area contributed by atoms with Crippen LogP contribution in [0.5, 0.6) is 0 Å². The molecule has 3 heteroatoms. The first kappa shape index (κ1) is 9.44. The zero-order valence-electron chi connectivity index (χ0n) is 8.20. The van der Waals surface area contributed by atoms with Crippen LogP contribution < -0.4 is 0 Å². The summed E-state index contributed by atoms with van der Waals surface area (Å²) in [5.74, 6) is 0. The van der Waals surface area contributed by atoms with Gasteiger partial charge in [0.05, 0.1) is 10.0 Å². The Balaban J connectivity index is 2.61. The highest BCUT2D eigenvalue weighted by Gasteiger charge is 2.11. The normalized spacial score (nSPS) is 10.8. The van der Waals surface area contributed by atoms with E-state index < -0.39 is 0 Å². The van der Waals surface area contributed by atoms with E-state index in [2.05, 4.69) is 22.0 Å². The second-order valence-corrected chi connectivity index (χ2v) is 4.37. The molecule has 2 nitrogen and oxygen atoms in total. The molecule has 0 aliphatic heterocycles. The number of rotatable bonds is 0. The number of hydrogen-bond donors (Lipinski definition) is 0. The molecule has 3 aromatic rings. The molecular formula is C13H6BrNO. The summed E-state index contributed by atoms with van der Waals surface area (Å²) in [5, 5.41) is 11.0. The highest BCUT2D eigenvalue weighted by Crippen LogP contribution is 2.34. The largest absolute Gasteiger partial charge is 0.453 e. The predicted octanol–water partition coefficient (Wildman–Crippen LogP) is 4.22. The van der Waals surface area contributed by atoms with Crippen molar-refractivity contribution in [3.63, 3.8) is 0 Å². The lowest BCUT2D eigenvalue weighted by atomic mass is 10.1. The van der Waals surface area contributed by atoms with Gasteiger partial charge in [0.15, 0.2) is 5.58 Å². The van der Waals surface area contributed by atoms with Gasteiger partial charge in [-0.15, -0.1) is 0 Å². The molecule has 1 heterocycles. The zero-order valence-corrected chi connectivity index (χ0v) is 9.78. The van der Waals surface area contributed by atoms with E-state index in [1.807, 2.05) is 30.3 Å².